The molecule has 132 valence electrons. The summed E-state index contributed by atoms with van der Waals surface area (Å²) in [4.78, 5) is 28.2. The van der Waals surface area contributed by atoms with Gasteiger partial charge in [-0.3, -0.25) is 9.59 Å². The topological polar surface area (TPSA) is 88.0 Å². The molecule has 1 aromatic carbocycles. The number of nitrogens with zero attached hydrogens (tertiary/aromatic N) is 2. The van der Waals surface area contributed by atoms with Crippen LogP contribution in [0.1, 0.15) is 29.6 Å². The molecule has 1 atom stereocenters. The van der Waals surface area contributed by atoms with Gasteiger partial charge < -0.3 is 20.5 Å². The predicted molar refractivity (Wildman–Crippen MR) is 95.3 cm³/mol. The Kier molecular flexibility index (Phi) is 5.79. The maximum Gasteiger partial charge on any atom is 0.251 e. The van der Waals surface area contributed by atoms with Gasteiger partial charge in [0.05, 0.1) is 6.33 Å². The van der Waals surface area contributed by atoms with Gasteiger partial charge in [0, 0.05) is 49.2 Å². The molecule has 0 radical (unpaired) electrons. The molecule has 2 amide bonds. The number of hydrogen-bond acceptors (Lipinski definition) is 4. The zero-order chi connectivity index (χ0) is 17.5. The molecule has 25 heavy (non-hydrogen) atoms. The summed E-state index contributed by atoms with van der Waals surface area (Å²) in [5, 5.41) is 9.12. The smallest absolute Gasteiger partial charge is 0.251 e. The van der Waals surface area contributed by atoms with Crippen LogP contribution in [-0.2, 0) is 11.3 Å². The highest BCUT2D eigenvalue weighted by molar-refractivity contribution is 5.97. The van der Waals surface area contributed by atoms with Crippen LogP contribution in [0.2, 0.25) is 0 Å². The van der Waals surface area contributed by atoms with E-state index in [9.17, 15) is 9.59 Å². The standard InChI is InChI=1S/C18H23N5O2/c24-17(6-9-23-10-8-19-13-23)22-15-4-1-3-14(11-15)18(25)21-12-16-5-2-7-20-16/h1,3-4,8,10-11,13,16,20H,2,5-7,9,12H2,(H,21,25)(H,22,24). The summed E-state index contributed by atoms with van der Waals surface area (Å²) in [6.07, 6.45) is 7.77. The van der Waals surface area contributed by atoms with Crippen molar-refractivity contribution in [1.29, 1.82) is 0 Å². The molecule has 1 unspecified atom stereocenters. The van der Waals surface area contributed by atoms with E-state index < -0.39 is 0 Å². The first-order valence-electron chi connectivity index (χ1n) is 8.58. The number of benzene rings is 1. The lowest BCUT2D eigenvalue weighted by atomic mass is 10.1. The first kappa shape index (κ1) is 17.2. The molecule has 3 N–H and O–H groups in total. The Bertz CT molecular complexity index is 708. The Morgan fingerprint density at radius 1 is 1.36 bits per heavy atom. The van der Waals surface area contributed by atoms with Gasteiger partial charge in [0.1, 0.15) is 0 Å². The van der Waals surface area contributed by atoms with E-state index in [1.54, 1.807) is 36.8 Å². The highest BCUT2D eigenvalue weighted by Gasteiger charge is 2.15. The summed E-state index contributed by atoms with van der Waals surface area (Å²) < 4.78 is 1.85. The van der Waals surface area contributed by atoms with Crippen molar-refractivity contribution < 1.29 is 9.59 Å². The van der Waals surface area contributed by atoms with Crippen molar-refractivity contribution in [3.63, 3.8) is 0 Å². The van der Waals surface area contributed by atoms with Crippen molar-refractivity contribution in [2.45, 2.75) is 31.8 Å². The van der Waals surface area contributed by atoms with Crippen LogP contribution in [0.5, 0.6) is 0 Å². The number of aryl methyl sites for hydroxylation is 1. The van der Waals surface area contributed by atoms with E-state index in [-0.39, 0.29) is 11.8 Å². The molecule has 1 fully saturated rings. The number of aromatic nitrogens is 2. The van der Waals surface area contributed by atoms with Crippen LogP contribution in [0.3, 0.4) is 0 Å². The van der Waals surface area contributed by atoms with Gasteiger partial charge in [-0.15, -0.1) is 0 Å². The van der Waals surface area contributed by atoms with Crippen LogP contribution < -0.4 is 16.0 Å². The molecule has 7 nitrogen and oxygen atoms in total. The van der Waals surface area contributed by atoms with Crippen molar-refractivity contribution in [3.05, 3.63) is 48.5 Å². The van der Waals surface area contributed by atoms with E-state index in [2.05, 4.69) is 20.9 Å². The Hall–Kier alpha value is -2.67. The van der Waals surface area contributed by atoms with E-state index in [0.29, 0.717) is 36.8 Å². The van der Waals surface area contributed by atoms with Crippen LogP contribution in [0.15, 0.2) is 43.0 Å². The summed E-state index contributed by atoms with van der Waals surface area (Å²) in [6, 6.07) is 7.36. The summed E-state index contributed by atoms with van der Waals surface area (Å²) in [5.74, 6) is -0.218. The summed E-state index contributed by atoms with van der Waals surface area (Å²) in [7, 11) is 0. The minimum absolute atomic E-state index is 0.0959. The van der Waals surface area contributed by atoms with Crippen LogP contribution in [0, 0.1) is 0 Å². The molecule has 0 aliphatic carbocycles. The average molecular weight is 341 g/mol. The predicted octanol–water partition coefficient (Wildman–Crippen LogP) is 1.39. The Morgan fingerprint density at radius 3 is 3.04 bits per heavy atom. The molecule has 1 aromatic heterocycles. The minimum atomic E-state index is -0.122. The second-order valence-electron chi connectivity index (χ2n) is 6.18. The van der Waals surface area contributed by atoms with Crippen molar-refractivity contribution in [2.24, 2.45) is 0 Å². The van der Waals surface area contributed by atoms with Crippen LogP contribution in [0.4, 0.5) is 5.69 Å². The van der Waals surface area contributed by atoms with Crippen LogP contribution >= 0.6 is 0 Å². The number of hydrogen-bond donors (Lipinski definition) is 3. The molecule has 2 aromatic rings. The third-order valence-electron chi connectivity index (χ3n) is 4.24. The normalized spacial score (nSPS) is 16.6. The number of anilines is 1. The van der Waals surface area contributed by atoms with E-state index in [1.165, 1.54) is 0 Å². The Labute approximate surface area is 146 Å². The summed E-state index contributed by atoms with van der Waals surface area (Å²) in [5.41, 5.74) is 1.17. The van der Waals surface area contributed by atoms with Gasteiger partial charge in [0.2, 0.25) is 5.91 Å². The van der Waals surface area contributed by atoms with Gasteiger partial charge in [-0.2, -0.15) is 0 Å². The number of nitrogens with one attached hydrogen (secondary N) is 3. The highest BCUT2D eigenvalue weighted by atomic mass is 16.2. The molecule has 1 saturated heterocycles. The maximum atomic E-state index is 12.3. The largest absolute Gasteiger partial charge is 0.350 e. The molecular formula is C18H23N5O2. The number of rotatable bonds is 7. The molecule has 2 heterocycles. The SMILES string of the molecule is O=C(CCn1ccnc1)Nc1cccc(C(=O)NCC2CCCN2)c1. The fourth-order valence-corrected chi connectivity index (χ4v) is 2.86. The molecule has 1 aliphatic rings. The van der Waals surface area contributed by atoms with Gasteiger partial charge in [-0.05, 0) is 37.6 Å². The highest BCUT2D eigenvalue weighted by Crippen LogP contribution is 2.12. The Morgan fingerprint density at radius 2 is 2.28 bits per heavy atom. The van der Waals surface area contributed by atoms with E-state index >= 15 is 0 Å². The molecule has 1 aliphatic heterocycles. The quantitative estimate of drug-likeness (QED) is 0.710. The van der Waals surface area contributed by atoms with Crippen molar-refractivity contribution in [1.82, 2.24) is 20.2 Å². The molecule has 7 heteroatoms. The van der Waals surface area contributed by atoms with Crippen molar-refractivity contribution in [2.75, 3.05) is 18.4 Å². The summed E-state index contributed by atoms with van der Waals surface area (Å²) >= 11 is 0. The third kappa shape index (κ3) is 5.15. The van der Waals surface area contributed by atoms with E-state index in [1.807, 2.05) is 10.8 Å². The first-order chi connectivity index (χ1) is 12.2. The van der Waals surface area contributed by atoms with Crippen molar-refractivity contribution in [3.8, 4) is 0 Å². The Balaban J connectivity index is 1.49. The lowest BCUT2D eigenvalue weighted by Crippen LogP contribution is -2.37. The fraction of sp³-hybridized carbons (Fsp3) is 0.389. The summed E-state index contributed by atoms with van der Waals surface area (Å²) in [6.45, 7) is 2.21. The van der Waals surface area contributed by atoms with E-state index in [4.69, 9.17) is 0 Å². The fourth-order valence-electron chi connectivity index (χ4n) is 2.86. The average Bonchev–Trinajstić information content (AvgIpc) is 3.32. The number of carbonyl (C=O) groups is 2. The van der Waals surface area contributed by atoms with Gasteiger partial charge in [0.25, 0.3) is 5.91 Å². The van der Waals surface area contributed by atoms with Gasteiger partial charge in [-0.1, -0.05) is 6.07 Å². The first-order valence-corrected chi connectivity index (χ1v) is 8.58. The lowest BCUT2D eigenvalue weighted by molar-refractivity contribution is -0.116. The van der Waals surface area contributed by atoms with Crippen LogP contribution in [0.25, 0.3) is 0 Å². The third-order valence-corrected chi connectivity index (χ3v) is 4.24. The molecule has 0 saturated carbocycles. The number of imidazole rings is 1. The second kappa shape index (κ2) is 8.43. The van der Waals surface area contributed by atoms with E-state index in [0.717, 1.165) is 19.4 Å². The monoisotopic (exact) mass is 341 g/mol. The van der Waals surface area contributed by atoms with Gasteiger partial charge >= 0.3 is 0 Å². The van der Waals surface area contributed by atoms with Crippen LogP contribution in [-0.4, -0.2) is 40.5 Å². The maximum absolute atomic E-state index is 12.3. The van der Waals surface area contributed by atoms with Gasteiger partial charge in [0.15, 0.2) is 0 Å². The lowest BCUT2D eigenvalue weighted by Gasteiger charge is -2.12. The zero-order valence-electron chi connectivity index (χ0n) is 14.1. The number of amides is 2. The number of carbonyl (C=O) groups excluding carboxylic acids is 2. The molecule has 0 spiro atoms. The molecular weight excluding hydrogens is 318 g/mol. The molecule has 0 bridgehead atoms. The molecule has 3 rings (SSSR count). The minimum Gasteiger partial charge on any atom is -0.350 e. The van der Waals surface area contributed by atoms with Gasteiger partial charge in [-0.25, -0.2) is 4.98 Å². The second-order valence-corrected chi connectivity index (χ2v) is 6.18. The van der Waals surface area contributed by atoms with Crippen molar-refractivity contribution >= 4 is 17.5 Å². The zero-order valence-corrected chi connectivity index (χ0v) is 14.1.